The number of hydrogen-bond donors (Lipinski definition) is 1. The fraction of sp³-hybridized carbons (Fsp3) is 0.435. The lowest BCUT2D eigenvalue weighted by atomic mass is 10.1. The molecule has 0 saturated carbocycles. The first-order valence-electron chi connectivity index (χ1n) is 11.0. The maximum Gasteiger partial charge on any atom is 0.410 e. The molecule has 1 fully saturated rings. The number of oxazole rings is 2. The number of carbonyl (C=O) groups excluding carboxylic acids is 1. The molecule has 4 aromatic rings. The van der Waals surface area contributed by atoms with E-state index in [-0.39, 0.29) is 12.1 Å². The second-order valence-corrected chi connectivity index (χ2v) is 9.53. The van der Waals surface area contributed by atoms with E-state index in [0.29, 0.717) is 29.9 Å². The van der Waals surface area contributed by atoms with Crippen LogP contribution in [0.3, 0.4) is 0 Å². The number of fused-ring (bicyclic) bond motifs is 2. The Kier molecular flexibility index (Phi) is 7.20. The molecule has 0 unspecified atom stereocenters. The number of nitrogens with one attached hydrogen (secondary N) is 1. The molecule has 10 nitrogen and oxygen atoms in total. The number of anilines is 1. The Morgan fingerprint density at radius 1 is 1.06 bits per heavy atom. The fourth-order valence-electron chi connectivity index (χ4n) is 3.40. The van der Waals surface area contributed by atoms with Gasteiger partial charge in [0, 0.05) is 31.5 Å². The molecule has 1 aliphatic rings. The summed E-state index contributed by atoms with van der Waals surface area (Å²) >= 11 is 1.49. The van der Waals surface area contributed by atoms with Gasteiger partial charge in [-0.2, -0.15) is 4.98 Å². The molecule has 34 heavy (non-hydrogen) atoms. The summed E-state index contributed by atoms with van der Waals surface area (Å²) in [6, 6.07) is 4.38. The minimum atomic E-state index is -0.460. The Morgan fingerprint density at radius 2 is 1.68 bits per heavy atom. The molecule has 0 radical (unpaired) electrons. The zero-order chi connectivity index (χ0) is 24.1. The number of thioether (sulfide) groups is 1. The van der Waals surface area contributed by atoms with Gasteiger partial charge in [-0.15, -0.1) is 0 Å². The summed E-state index contributed by atoms with van der Waals surface area (Å²) in [7, 11) is 0. The van der Waals surface area contributed by atoms with Crippen LogP contribution in [0.4, 0.5) is 10.8 Å². The summed E-state index contributed by atoms with van der Waals surface area (Å²) in [5.74, 6) is 0. The van der Waals surface area contributed by atoms with Crippen molar-refractivity contribution in [3.8, 4) is 0 Å². The minimum absolute atomic E-state index is 0.231. The van der Waals surface area contributed by atoms with Crippen LogP contribution in [0.5, 0.6) is 0 Å². The van der Waals surface area contributed by atoms with E-state index in [1.807, 2.05) is 39.2 Å². The number of pyridine rings is 2. The van der Waals surface area contributed by atoms with Crippen LogP contribution in [0, 0.1) is 0 Å². The second kappa shape index (κ2) is 10.3. The summed E-state index contributed by atoms with van der Waals surface area (Å²) in [5, 5.41) is 3.98. The number of piperidine rings is 1. The Morgan fingerprint density at radius 3 is 2.24 bits per heavy atom. The van der Waals surface area contributed by atoms with Gasteiger partial charge >= 0.3 is 6.09 Å². The van der Waals surface area contributed by atoms with Gasteiger partial charge in [-0.25, -0.2) is 9.78 Å². The van der Waals surface area contributed by atoms with Crippen molar-refractivity contribution in [3.05, 3.63) is 36.9 Å². The maximum absolute atomic E-state index is 12.0. The molecule has 1 amide bonds. The molecular formula is C23H28N6O4S. The molecule has 1 N–H and O–H groups in total. The van der Waals surface area contributed by atoms with Gasteiger partial charge in [0.2, 0.25) is 0 Å². The number of likely N-dealkylation sites (tertiary alicyclic amines) is 1. The lowest BCUT2D eigenvalue weighted by Gasteiger charge is -2.33. The van der Waals surface area contributed by atoms with Crippen molar-refractivity contribution in [2.75, 3.05) is 24.7 Å². The number of rotatable bonds is 3. The van der Waals surface area contributed by atoms with Gasteiger partial charge in [0.15, 0.2) is 11.2 Å². The third-order valence-corrected chi connectivity index (χ3v) is 5.54. The van der Waals surface area contributed by atoms with Crippen molar-refractivity contribution in [3.63, 3.8) is 0 Å². The molecule has 11 heteroatoms. The van der Waals surface area contributed by atoms with Gasteiger partial charge in [-0.05, 0) is 52.0 Å². The molecule has 0 atom stereocenters. The van der Waals surface area contributed by atoms with E-state index >= 15 is 0 Å². The maximum atomic E-state index is 12.0. The minimum Gasteiger partial charge on any atom is -0.444 e. The summed E-state index contributed by atoms with van der Waals surface area (Å²) in [6.45, 7) is 6.95. The molecule has 1 aliphatic heterocycles. The van der Waals surface area contributed by atoms with Crippen molar-refractivity contribution in [1.82, 2.24) is 24.8 Å². The van der Waals surface area contributed by atoms with Gasteiger partial charge in [0.1, 0.15) is 16.6 Å². The normalized spacial score (nSPS) is 14.6. The number of aromatic nitrogens is 4. The first-order valence-corrected chi connectivity index (χ1v) is 12.2. The first kappa shape index (κ1) is 23.8. The Hall–Kier alpha value is -3.34. The molecule has 0 aliphatic carbocycles. The van der Waals surface area contributed by atoms with Crippen LogP contribution in [0.15, 0.2) is 51.0 Å². The molecule has 5 heterocycles. The van der Waals surface area contributed by atoms with Gasteiger partial charge < -0.3 is 23.8 Å². The van der Waals surface area contributed by atoms with E-state index in [1.165, 1.54) is 11.8 Å². The monoisotopic (exact) mass is 484 g/mol. The molecule has 5 rings (SSSR count). The van der Waals surface area contributed by atoms with E-state index in [0.717, 1.165) is 29.5 Å². The molecule has 1 saturated heterocycles. The summed E-state index contributed by atoms with van der Waals surface area (Å²) in [6.07, 6.45) is 10.1. The zero-order valence-electron chi connectivity index (χ0n) is 19.6. The number of carbonyl (C=O) groups is 1. The zero-order valence-corrected chi connectivity index (χ0v) is 20.5. The highest BCUT2D eigenvalue weighted by molar-refractivity contribution is 7.98. The van der Waals surface area contributed by atoms with Gasteiger partial charge in [0.05, 0.1) is 12.4 Å². The van der Waals surface area contributed by atoms with Crippen LogP contribution >= 0.6 is 11.8 Å². The number of hydrogen-bond acceptors (Lipinski definition) is 10. The molecular weight excluding hydrogens is 456 g/mol. The standard InChI is InChI=1S/C16H22N4O3.C7H6N2OS/c1-16(2,3)23-15(21)20-8-5-11(6-9-20)18-14-19-12-4-7-17-10-13(12)22-14;1-11-7-9-5-2-3-8-4-6(5)10-7/h4,7,10-11H,5-6,8-9H2,1-3H3,(H,18,19);2-4H,1H3. The molecule has 0 bridgehead atoms. The summed E-state index contributed by atoms with van der Waals surface area (Å²) in [5.41, 5.74) is 2.61. The van der Waals surface area contributed by atoms with Crippen molar-refractivity contribution >= 4 is 46.1 Å². The highest BCUT2D eigenvalue weighted by Gasteiger charge is 2.27. The van der Waals surface area contributed by atoms with E-state index in [1.54, 1.807) is 29.7 Å². The average Bonchev–Trinajstić information content (AvgIpc) is 3.42. The Bertz CT molecular complexity index is 1180. The van der Waals surface area contributed by atoms with Gasteiger partial charge in [-0.3, -0.25) is 9.97 Å². The van der Waals surface area contributed by atoms with Crippen LogP contribution < -0.4 is 5.32 Å². The number of ether oxygens (including phenoxy) is 1. The van der Waals surface area contributed by atoms with E-state index in [4.69, 9.17) is 13.6 Å². The third kappa shape index (κ3) is 6.16. The van der Waals surface area contributed by atoms with Crippen LogP contribution in [0.2, 0.25) is 0 Å². The van der Waals surface area contributed by atoms with E-state index in [9.17, 15) is 4.79 Å². The van der Waals surface area contributed by atoms with Crippen LogP contribution in [0.1, 0.15) is 33.6 Å². The van der Waals surface area contributed by atoms with Gasteiger partial charge in [-0.1, -0.05) is 11.8 Å². The highest BCUT2D eigenvalue weighted by Crippen LogP contribution is 2.22. The van der Waals surface area contributed by atoms with Crippen LogP contribution in [-0.2, 0) is 4.74 Å². The molecule has 0 aromatic carbocycles. The smallest absolute Gasteiger partial charge is 0.410 e. The lowest BCUT2D eigenvalue weighted by molar-refractivity contribution is 0.0210. The van der Waals surface area contributed by atoms with Crippen LogP contribution in [-0.4, -0.2) is 61.9 Å². The lowest BCUT2D eigenvalue weighted by Crippen LogP contribution is -2.44. The predicted octanol–water partition coefficient (Wildman–Crippen LogP) is 4.98. The SMILES string of the molecule is CC(C)(C)OC(=O)N1CCC(Nc2nc3ccncc3o2)CC1.CSc1nc2ccncc2o1. The van der Waals surface area contributed by atoms with Crippen LogP contribution in [0.25, 0.3) is 22.2 Å². The third-order valence-electron chi connectivity index (χ3n) is 5.01. The molecule has 0 spiro atoms. The predicted molar refractivity (Wildman–Crippen MR) is 130 cm³/mol. The summed E-state index contributed by atoms with van der Waals surface area (Å²) < 4.78 is 16.3. The van der Waals surface area contributed by atoms with Gasteiger partial charge in [0.25, 0.3) is 11.2 Å². The number of amides is 1. The Balaban J connectivity index is 0.000000207. The second-order valence-electron chi connectivity index (χ2n) is 8.78. The van der Waals surface area contributed by atoms with E-state index < -0.39 is 5.60 Å². The fourth-order valence-corrected chi connectivity index (χ4v) is 3.76. The van der Waals surface area contributed by atoms with Crippen molar-refractivity contribution in [2.24, 2.45) is 0 Å². The largest absolute Gasteiger partial charge is 0.444 e. The summed E-state index contributed by atoms with van der Waals surface area (Å²) in [4.78, 5) is 30.3. The Labute approximate surface area is 201 Å². The first-order chi connectivity index (χ1) is 16.3. The average molecular weight is 485 g/mol. The van der Waals surface area contributed by atoms with Crippen molar-refractivity contribution < 1.29 is 18.4 Å². The quantitative estimate of drug-likeness (QED) is 0.399. The molecule has 180 valence electrons. The van der Waals surface area contributed by atoms with Crippen molar-refractivity contribution in [2.45, 2.75) is 50.5 Å². The van der Waals surface area contributed by atoms with E-state index in [2.05, 4.69) is 25.3 Å². The topological polar surface area (TPSA) is 119 Å². The molecule has 4 aromatic heterocycles. The number of nitrogens with zero attached hydrogens (tertiary/aromatic N) is 5. The highest BCUT2D eigenvalue weighted by atomic mass is 32.2. The van der Waals surface area contributed by atoms with Crippen molar-refractivity contribution in [1.29, 1.82) is 0 Å².